The van der Waals surface area contributed by atoms with Gasteiger partial charge in [0.05, 0.1) is 23.6 Å². The highest BCUT2D eigenvalue weighted by molar-refractivity contribution is 5.93. The van der Waals surface area contributed by atoms with Crippen LogP contribution in [0.3, 0.4) is 0 Å². The van der Waals surface area contributed by atoms with Crippen LogP contribution in [0.1, 0.15) is 43.5 Å². The highest BCUT2D eigenvalue weighted by Crippen LogP contribution is 2.40. The average molecular weight is 302 g/mol. The quantitative estimate of drug-likeness (QED) is 0.844. The summed E-state index contributed by atoms with van der Waals surface area (Å²) in [4.78, 5) is 14.7. The molecule has 2 N–H and O–H groups in total. The predicted molar refractivity (Wildman–Crippen MR) is 87.8 cm³/mol. The Morgan fingerprint density at radius 2 is 2.27 bits per heavy atom. The number of nitrogens with one attached hydrogen (secondary N) is 2. The van der Waals surface area contributed by atoms with Crippen LogP contribution in [0.25, 0.3) is 0 Å². The Hall–Kier alpha value is -1.62. The minimum atomic E-state index is 0.0657. The number of hydrogen-bond donors (Lipinski definition) is 2. The van der Waals surface area contributed by atoms with E-state index in [1.54, 1.807) is 0 Å². The number of hydrogen-bond acceptors (Lipinski definition) is 3. The van der Waals surface area contributed by atoms with E-state index in [0.29, 0.717) is 12.0 Å². The Morgan fingerprint density at radius 3 is 2.95 bits per heavy atom. The highest BCUT2D eigenvalue weighted by atomic mass is 16.2. The van der Waals surface area contributed by atoms with Gasteiger partial charge in [0.25, 0.3) is 0 Å². The Kier molecular flexibility index (Phi) is 4.34. The SMILES string of the molecule is Cc1n[nH]c(C)c1NC(=O)CN1CCC[C@]2(CC=CCC2)C1. The maximum Gasteiger partial charge on any atom is 0.238 e. The first kappa shape index (κ1) is 15.3. The third kappa shape index (κ3) is 3.24. The molecule has 1 fully saturated rings. The number of allylic oxidation sites excluding steroid dienone is 2. The number of rotatable bonds is 3. The zero-order chi connectivity index (χ0) is 15.6. The van der Waals surface area contributed by atoms with E-state index < -0.39 is 0 Å². The molecule has 1 aliphatic heterocycles. The molecule has 0 radical (unpaired) electrons. The third-order valence-electron chi connectivity index (χ3n) is 5.06. The van der Waals surface area contributed by atoms with Crippen LogP contribution in [0.2, 0.25) is 0 Å². The van der Waals surface area contributed by atoms with Crippen LogP contribution in [-0.4, -0.2) is 40.6 Å². The Morgan fingerprint density at radius 1 is 1.41 bits per heavy atom. The molecule has 3 rings (SSSR count). The van der Waals surface area contributed by atoms with E-state index in [2.05, 4.69) is 32.6 Å². The molecule has 1 aliphatic carbocycles. The number of anilines is 1. The van der Waals surface area contributed by atoms with Crippen LogP contribution < -0.4 is 5.32 Å². The molecular formula is C17H26N4O. The monoisotopic (exact) mass is 302 g/mol. The molecule has 22 heavy (non-hydrogen) atoms. The number of piperidine rings is 1. The molecule has 2 aliphatic rings. The van der Waals surface area contributed by atoms with Gasteiger partial charge in [-0.2, -0.15) is 5.10 Å². The first-order valence-corrected chi connectivity index (χ1v) is 8.27. The Bertz CT molecular complexity index is 558. The minimum Gasteiger partial charge on any atom is -0.322 e. The van der Waals surface area contributed by atoms with Crippen molar-refractivity contribution < 1.29 is 4.79 Å². The van der Waals surface area contributed by atoms with Gasteiger partial charge in [-0.15, -0.1) is 0 Å². The second-order valence-corrected chi connectivity index (χ2v) is 6.89. The van der Waals surface area contributed by atoms with Crippen molar-refractivity contribution in [2.45, 2.75) is 46.0 Å². The molecule has 2 heterocycles. The van der Waals surface area contributed by atoms with Gasteiger partial charge in [-0.25, -0.2) is 0 Å². The zero-order valence-corrected chi connectivity index (χ0v) is 13.6. The Labute approximate surface area is 132 Å². The van der Waals surface area contributed by atoms with Crippen molar-refractivity contribution in [3.63, 3.8) is 0 Å². The number of carbonyl (C=O) groups excluding carboxylic acids is 1. The summed E-state index contributed by atoms with van der Waals surface area (Å²) in [5.74, 6) is 0.0657. The molecule has 0 unspecified atom stereocenters. The Balaban J connectivity index is 1.58. The summed E-state index contributed by atoms with van der Waals surface area (Å²) in [6.45, 7) is 6.40. The number of nitrogens with zero attached hydrogens (tertiary/aromatic N) is 2. The summed E-state index contributed by atoms with van der Waals surface area (Å²) >= 11 is 0. The number of amides is 1. The van der Waals surface area contributed by atoms with Gasteiger partial charge < -0.3 is 5.32 Å². The van der Waals surface area contributed by atoms with Crippen molar-refractivity contribution in [3.8, 4) is 0 Å². The van der Waals surface area contributed by atoms with Gasteiger partial charge in [-0.05, 0) is 57.9 Å². The second kappa shape index (κ2) is 6.24. The lowest BCUT2D eigenvalue weighted by Crippen LogP contribution is -2.46. The van der Waals surface area contributed by atoms with Gasteiger partial charge in [-0.3, -0.25) is 14.8 Å². The van der Waals surface area contributed by atoms with Crippen molar-refractivity contribution >= 4 is 11.6 Å². The summed E-state index contributed by atoms with van der Waals surface area (Å²) in [6, 6.07) is 0. The number of aromatic nitrogens is 2. The lowest BCUT2D eigenvalue weighted by molar-refractivity contribution is -0.118. The number of carbonyl (C=O) groups is 1. The third-order valence-corrected chi connectivity index (χ3v) is 5.06. The molecule has 1 aromatic heterocycles. The van der Waals surface area contributed by atoms with Crippen molar-refractivity contribution in [3.05, 3.63) is 23.5 Å². The number of H-pyrrole nitrogens is 1. The molecule has 0 saturated carbocycles. The molecule has 1 amide bonds. The van der Waals surface area contributed by atoms with Crippen molar-refractivity contribution in [1.29, 1.82) is 0 Å². The fourth-order valence-corrected chi connectivity index (χ4v) is 3.88. The largest absolute Gasteiger partial charge is 0.322 e. The van der Waals surface area contributed by atoms with Gasteiger partial charge >= 0.3 is 0 Å². The molecule has 5 heteroatoms. The summed E-state index contributed by atoms with van der Waals surface area (Å²) < 4.78 is 0. The molecule has 1 aromatic rings. The topological polar surface area (TPSA) is 61.0 Å². The highest BCUT2D eigenvalue weighted by Gasteiger charge is 2.35. The summed E-state index contributed by atoms with van der Waals surface area (Å²) in [6.07, 6.45) is 10.7. The van der Waals surface area contributed by atoms with Crippen LogP contribution in [0, 0.1) is 19.3 Å². The standard InChI is InChI=1S/C17H26N4O/c1-13-16(14(2)20-19-13)18-15(22)11-21-10-6-9-17(12-21)7-4-3-5-8-17/h3-4H,5-12H2,1-2H3,(H,18,22)(H,19,20)/t17-/m1/s1. The first-order chi connectivity index (χ1) is 10.6. The van der Waals surface area contributed by atoms with Crippen LogP contribution in [0.5, 0.6) is 0 Å². The summed E-state index contributed by atoms with van der Waals surface area (Å²) in [5.41, 5.74) is 3.00. The van der Waals surface area contributed by atoms with E-state index in [-0.39, 0.29) is 5.91 Å². The van der Waals surface area contributed by atoms with Crippen LogP contribution in [-0.2, 0) is 4.79 Å². The van der Waals surface area contributed by atoms with Crippen molar-refractivity contribution in [1.82, 2.24) is 15.1 Å². The van der Waals surface area contributed by atoms with E-state index >= 15 is 0 Å². The maximum atomic E-state index is 12.3. The first-order valence-electron chi connectivity index (χ1n) is 8.27. The van der Waals surface area contributed by atoms with E-state index in [4.69, 9.17) is 0 Å². The zero-order valence-electron chi connectivity index (χ0n) is 13.6. The number of aryl methyl sites for hydroxylation is 2. The molecular weight excluding hydrogens is 276 g/mol. The van der Waals surface area contributed by atoms with E-state index in [1.165, 1.54) is 32.1 Å². The lowest BCUT2D eigenvalue weighted by Gasteiger charge is -2.43. The summed E-state index contributed by atoms with van der Waals surface area (Å²) in [5, 5.41) is 10.0. The molecule has 120 valence electrons. The molecule has 1 spiro atoms. The van der Waals surface area contributed by atoms with E-state index in [9.17, 15) is 4.79 Å². The van der Waals surface area contributed by atoms with Crippen LogP contribution in [0.4, 0.5) is 5.69 Å². The minimum absolute atomic E-state index is 0.0657. The fraction of sp³-hybridized carbons (Fsp3) is 0.647. The molecule has 1 atom stereocenters. The molecule has 0 bridgehead atoms. The van der Waals surface area contributed by atoms with Crippen molar-refractivity contribution in [2.24, 2.45) is 5.41 Å². The smallest absolute Gasteiger partial charge is 0.238 e. The van der Waals surface area contributed by atoms with Gasteiger partial charge in [0.15, 0.2) is 0 Å². The molecule has 1 saturated heterocycles. The summed E-state index contributed by atoms with van der Waals surface area (Å²) in [7, 11) is 0. The normalized spacial score (nSPS) is 25.5. The van der Waals surface area contributed by atoms with Crippen molar-refractivity contribution in [2.75, 3.05) is 25.0 Å². The molecule has 0 aromatic carbocycles. The van der Waals surface area contributed by atoms with Gasteiger partial charge in [0, 0.05) is 6.54 Å². The fourth-order valence-electron chi connectivity index (χ4n) is 3.88. The predicted octanol–water partition coefficient (Wildman–Crippen LogP) is 2.79. The lowest BCUT2D eigenvalue weighted by atomic mass is 9.71. The second-order valence-electron chi connectivity index (χ2n) is 6.89. The maximum absolute atomic E-state index is 12.3. The number of aromatic amines is 1. The van der Waals surface area contributed by atoms with Gasteiger partial charge in [-0.1, -0.05) is 12.2 Å². The van der Waals surface area contributed by atoms with Gasteiger partial charge in [0.2, 0.25) is 5.91 Å². The van der Waals surface area contributed by atoms with Crippen LogP contribution in [0.15, 0.2) is 12.2 Å². The molecule has 5 nitrogen and oxygen atoms in total. The van der Waals surface area contributed by atoms with E-state index in [1.807, 2.05) is 13.8 Å². The number of likely N-dealkylation sites (tertiary alicyclic amines) is 1. The van der Waals surface area contributed by atoms with Gasteiger partial charge in [0.1, 0.15) is 0 Å². The van der Waals surface area contributed by atoms with Crippen LogP contribution >= 0.6 is 0 Å². The van der Waals surface area contributed by atoms with E-state index in [0.717, 1.165) is 30.2 Å². The average Bonchev–Trinajstić information content (AvgIpc) is 2.80.